The summed E-state index contributed by atoms with van der Waals surface area (Å²) in [6.45, 7) is 10.4. The molecule has 0 bridgehead atoms. The van der Waals surface area contributed by atoms with Crippen LogP contribution in [0.3, 0.4) is 0 Å². The van der Waals surface area contributed by atoms with Gasteiger partial charge >= 0.3 is 0 Å². The maximum absolute atomic E-state index is 6.22. The Kier molecular flexibility index (Phi) is 4.57. The van der Waals surface area contributed by atoms with E-state index in [0.717, 1.165) is 18.7 Å². The van der Waals surface area contributed by atoms with E-state index in [9.17, 15) is 0 Å². The number of thioether (sulfide) groups is 1. The Morgan fingerprint density at radius 1 is 1.29 bits per heavy atom. The van der Waals surface area contributed by atoms with Crippen molar-refractivity contribution in [2.45, 2.75) is 50.9 Å². The summed E-state index contributed by atoms with van der Waals surface area (Å²) in [6.07, 6.45) is 3.14. The summed E-state index contributed by atoms with van der Waals surface area (Å²) in [5.41, 5.74) is 5.78. The largest absolute Gasteiger partial charge is 0.368 e. The van der Waals surface area contributed by atoms with E-state index in [2.05, 4.69) is 45.9 Å². The van der Waals surface area contributed by atoms with E-state index in [0.29, 0.717) is 6.54 Å². The number of nitrogens with zero attached hydrogens (tertiary/aromatic N) is 1. The van der Waals surface area contributed by atoms with Crippen molar-refractivity contribution in [3.63, 3.8) is 0 Å². The summed E-state index contributed by atoms with van der Waals surface area (Å²) in [5, 5.41) is 0. The maximum Gasteiger partial charge on any atom is 0.0829 e. The Labute approximate surface area is 110 Å². The van der Waals surface area contributed by atoms with E-state index < -0.39 is 0 Å². The van der Waals surface area contributed by atoms with E-state index in [4.69, 9.17) is 10.5 Å². The van der Waals surface area contributed by atoms with Crippen molar-refractivity contribution in [3.05, 3.63) is 0 Å². The highest BCUT2D eigenvalue weighted by molar-refractivity contribution is 7.98. The Balaban J connectivity index is 2.94. The van der Waals surface area contributed by atoms with E-state index >= 15 is 0 Å². The van der Waals surface area contributed by atoms with Crippen molar-refractivity contribution in [1.29, 1.82) is 0 Å². The van der Waals surface area contributed by atoms with Crippen LogP contribution >= 0.6 is 11.8 Å². The van der Waals surface area contributed by atoms with E-state index in [-0.39, 0.29) is 16.7 Å². The molecule has 1 fully saturated rings. The van der Waals surface area contributed by atoms with Crippen LogP contribution < -0.4 is 5.73 Å². The number of hydrogen-bond donors (Lipinski definition) is 1. The van der Waals surface area contributed by atoms with Gasteiger partial charge in [0.05, 0.1) is 16.7 Å². The summed E-state index contributed by atoms with van der Waals surface area (Å²) in [7, 11) is 2.18. The number of rotatable bonds is 5. The van der Waals surface area contributed by atoms with Gasteiger partial charge in [-0.15, -0.1) is 0 Å². The number of ether oxygens (including phenoxy) is 1. The van der Waals surface area contributed by atoms with Crippen molar-refractivity contribution < 1.29 is 4.74 Å². The fourth-order valence-corrected chi connectivity index (χ4v) is 3.71. The van der Waals surface area contributed by atoms with Crippen molar-refractivity contribution in [3.8, 4) is 0 Å². The molecule has 4 heteroatoms. The lowest BCUT2D eigenvalue weighted by Gasteiger charge is -2.46. The predicted octanol–water partition coefficient (Wildman–Crippen LogP) is 1.96. The van der Waals surface area contributed by atoms with Gasteiger partial charge in [0.1, 0.15) is 0 Å². The van der Waals surface area contributed by atoms with E-state index in [1.54, 1.807) is 0 Å². The molecule has 3 nitrogen and oxygen atoms in total. The van der Waals surface area contributed by atoms with Gasteiger partial charge in [-0.25, -0.2) is 0 Å². The first-order chi connectivity index (χ1) is 7.71. The monoisotopic (exact) mass is 260 g/mol. The minimum Gasteiger partial charge on any atom is -0.368 e. The summed E-state index contributed by atoms with van der Waals surface area (Å²) >= 11 is 1.87. The third-order valence-electron chi connectivity index (χ3n) is 4.07. The Morgan fingerprint density at radius 2 is 1.88 bits per heavy atom. The number of hydrogen-bond acceptors (Lipinski definition) is 4. The first-order valence-corrected chi connectivity index (χ1v) is 7.70. The molecule has 0 aromatic carbocycles. The zero-order valence-electron chi connectivity index (χ0n) is 12.2. The highest BCUT2D eigenvalue weighted by Crippen LogP contribution is 2.47. The zero-order valence-corrected chi connectivity index (χ0v) is 13.0. The third kappa shape index (κ3) is 2.80. The fourth-order valence-electron chi connectivity index (χ4n) is 3.25. The van der Waals surface area contributed by atoms with Gasteiger partial charge in [0.15, 0.2) is 0 Å². The normalized spacial score (nSPS) is 31.1. The smallest absolute Gasteiger partial charge is 0.0829 e. The van der Waals surface area contributed by atoms with Gasteiger partial charge in [-0.3, -0.25) is 4.90 Å². The van der Waals surface area contributed by atoms with E-state index in [1.807, 2.05) is 11.8 Å². The third-order valence-corrected chi connectivity index (χ3v) is 4.66. The summed E-state index contributed by atoms with van der Waals surface area (Å²) in [5.74, 6) is 1.13. The Bertz CT molecular complexity index is 268. The average Bonchev–Trinajstić information content (AvgIpc) is 2.40. The highest BCUT2D eigenvalue weighted by atomic mass is 32.2. The van der Waals surface area contributed by atoms with Crippen LogP contribution in [-0.4, -0.2) is 53.8 Å². The van der Waals surface area contributed by atoms with Crippen molar-refractivity contribution >= 4 is 11.8 Å². The van der Waals surface area contributed by atoms with Crippen molar-refractivity contribution in [1.82, 2.24) is 4.90 Å². The lowest BCUT2D eigenvalue weighted by molar-refractivity contribution is -0.0992. The van der Waals surface area contributed by atoms with Crippen LogP contribution in [-0.2, 0) is 4.74 Å². The molecule has 0 aliphatic carbocycles. The quantitative estimate of drug-likeness (QED) is 0.820. The molecule has 0 spiro atoms. The van der Waals surface area contributed by atoms with Crippen LogP contribution in [0.25, 0.3) is 0 Å². The van der Waals surface area contributed by atoms with Crippen LogP contribution in [0.2, 0.25) is 0 Å². The molecule has 0 radical (unpaired) electrons. The molecule has 1 unspecified atom stereocenters. The molecule has 1 rings (SSSR count). The second-order valence-corrected chi connectivity index (χ2v) is 7.18. The predicted molar refractivity (Wildman–Crippen MR) is 76.7 cm³/mol. The average molecular weight is 260 g/mol. The van der Waals surface area contributed by atoms with Crippen LogP contribution in [0.5, 0.6) is 0 Å². The van der Waals surface area contributed by atoms with Gasteiger partial charge in [-0.05, 0) is 47.4 Å². The van der Waals surface area contributed by atoms with Crippen LogP contribution in [0.15, 0.2) is 0 Å². The molecule has 0 aromatic heterocycles. The van der Waals surface area contributed by atoms with Gasteiger partial charge in [0, 0.05) is 18.8 Å². The molecule has 1 saturated heterocycles. The zero-order chi connectivity index (χ0) is 13.3. The first-order valence-electron chi connectivity index (χ1n) is 6.31. The molecule has 102 valence electrons. The van der Waals surface area contributed by atoms with Gasteiger partial charge in [-0.2, -0.15) is 11.8 Å². The minimum absolute atomic E-state index is 0.0494. The Morgan fingerprint density at radius 3 is 2.24 bits per heavy atom. The fraction of sp³-hybridized carbons (Fsp3) is 1.00. The Hall–Kier alpha value is 0.230. The van der Waals surface area contributed by atoms with Gasteiger partial charge in [0.2, 0.25) is 0 Å². The minimum atomic E-state index is -0.196. The van der Waals surface area contributed by atoms with Gasteiger partial charge in [-0.1, -0.05) is 0 Å². The van der Waals surface area contributed by atoms with Crippen molar-refractivity contribution in [2.24, 2.45) is 5.73 Å². The van der Waals surface area contributed by atoms with Gasteiger partial charge < -0.3 is 10.5 Å². The highest BCUT2D eigenvalue weighted by Gasteiger charge is 2.58. The molecule has 0 amide bonds. The lowest BCUT2D eigenvalue weighted by Crippen LogP contribution is -2.62. The van der Waals surface area contributed by atoms with Crippen molar-refractivity contribution in [2.75, 3.05) is 32.1 Å². The second kappa shape index (κ2) is 5.08. The molecule has 2 N–H and O–H groups in total. The van der Waals surface area contributed by atoms with Gasteiger partial charge in [0.25, 0.3) is 0 Å². The van der Waals surface area contributed by atoms with Crippen LogP contribution in [0.1, 0.15) is 34.1 Å². The first kappa shape index (κ1) is 15.3. The lowest BCUT2D eigenvalue weighted by atomic mass is 9.77. The standard InChI is InChI=1S/C13H28N2OS/c1-11(2)9-13(10-14,12(3,4)16-11)15(5)7-8-17-6/h7-10,14H2,1-6H3. The topological polar surface area (TPSA) is 38.5 Å². The summed E-state index contributed by atoms with van der Waals surface area (Å²) < 4.78 is 6.22. The molecule has 1 aliphatic heterocycles. The number of likely N-dealkylation sites (N-methyl/N-ethyl adjacent to an activating group) is 1. The SMILES string of the molecule is CSCCN(C)C1(CN)CC(C)(C)OC1(C)C. The molecule has 1 atom stereocenters. The molecule has 0 aromatic rings. The van der Waals surface area contributed by atoms with Crippen LogP contribution in [0.4, 0.5) is 0 Å². The van der Waals surface area contributed by atoms with Crippen LogP contribution in [0, 0.1) is 0 Å². The molecular weight excluding hydrogens is 232 g/mol. The van der Waals surface area contributed by atoms with E-state index in [1.165, 1.54) is 0 Å². The molecule has 1 heterocycles. The molecule has 0 saturated carbocycles. The molecular formula is C13H28N2OS. The molecule has 17 heavy (non-hydrogen) atoms. The maximum atomic E-state index is 6.22. The number of nitrogens with two attached hydrogens (primary N) is 1. The summed E-state index contributed by atoms with van der Waals surface area (Å²) in [6, 6.07) is 0. The summed E-state index contributed by atoms with van der Waals surface area (Å²) in [4.78, 5) is 2.40. The second-order valence-electron chi connectivity index (χ2n) is 6.20. The molecule has 1 aliphatic rings.